The van der Waals surface area contributed by atoms with Gasteiger partial charge < -0.3 is 24.5 Å². The average Bonchev–Trinajstić information content (AvgIpc) is 3.43. The lowest BCUT2D eigenvalue weighted by atomic mass is 10.1. The quantitative estimate of drug-likeness (QED) is 0.500. The fourth-order valence-electron chi connectivity index (χ4n) is 3.75. The van der Waals surface area contributed by atoms with Crippen molar-refractivity contribution >= 4 is 22.8 Å². The van der Waals surface area contributed by atoms with Crippen molar-refractivity contribution in [2.75, 3.05) is 39.3 Å². The zero-order chi connectivity index (χ0) is 20.9. The van der Waals surface area contributed by atoms with Gasteiger partial charge in [0.2, 0.25) is 0 Å². The summed E-state index contributed by atoms with van der Waals surface area (Å²) in [7, 11) is 0. The molecule has 1 aliphatic rings. The molecule has 0 atom stereocenters. The molecule has 1 saturated heterocycles. The second kappa shape index (κ2) is 9.02. The Morgan fingerprint density at radius 1 is 1.23 bits per heavy atom. The van der Waals surface area contributed by atoms with Gasteiger partial charge in [-0.15, -0.1) is 0 Å². The number of furan rings is 1. The summed E-state index contributed by atoms with van der Waals surface area (Å²) in [4.78, 5) is 24.3. The third kappa shape index (κ3) is 4.32. The molecule has 0 bridgehead atoms. The molecule has 1 aromatic carbocycles. The van der Waals surface area contributed by atoms with Crippen LogP contribution in [0.2, 0.25) is 0 Å². The molecule has 0 aliphatic carbocycles. The molecule has 0 spiro atoms. The minimum Gasteiger partial charge on any atom is -0.459 e. The fourth-order valence-corrected chi connectivity index (χ4v) is 3.75. The highest BCUT2D eigenvalue weighted by molar-refractivity contribution is 5.91. The van der Waals surface area contributed by atoms with Gasteiger partial charge in [-0.1, -0.05) is 0 Å². The fraction of sp³-hybridized carbons (Fsp3) is 0.364. The van der Waals surface area contributed by atoms with Crippen molar-refractivity contribution < 1.29 is 13.6 Å². The Labute approximate surface area is 174 Å². The number of benzene rings is 1. The third-order valence-corrected chi connectivity index (χ3v) is 5.31. The molecule has 2 N–H and O–H groups in total. The van der Waals surface area contributed by atoms with E-state index in [2.05, 4.69) is 15.2 Å². The van der Waals surface area contributed by atoms with Gasteiger partial charge in [-0.05, 0) is 49.2 Å². The first-order valence-corrected chi connectivity index (χ1v) is 10.3. The highest BCUT2D eigenvalue weighted by atomic mass is 19.1. The maximum Gasteiger partial charge on any atom is 0.289 e. The molecule has 0 radical (unpaired) electrons. The molecule has 1 aliphatic heterocycles. The Kier molecular flexibility index (Phi) is 6.02. The highest BCUT2D eigenvalue weighted by Gasteiger charge is 2.25. The molecule has 4 rings (SSSR count). The van der Waals surface area contributed by atoms with Crippen LogP contribution in [0.25, 0.3) is 10.9 Å². The van der Waals surface area contributed by atoms with Crippen LogP contribution in [-0.2, 0) is 6.42 Å². The van der Waals surface area contributed by atoms with Crippen molar-refractivity contribution in [3.8, 4) is 0 Å². The standard InChI is InChI=1S/C22H26FN5O2/c1-2-24-22(25-8-7-16-15-26-19-14-17(23)5-6-18(16)19)28-11-9-27(10-12-28)21(29)20-4-3-13-30-20/h3-6,13-15,26H,2,7-12H2,1H3,(H,24,25). The molecule has 8 heteroatoms. The lowest BCUT2D eigenvalue weighted by Crippen LogP contribution is -2.53. The Morgan fingerprint density at radius 3 is 2.77 bits per heavy atom. The van der Waals surface area contributed by atoms with Crippen molar-refractivity contribution in [1.29, 1.82) is 0 Å². The van der Waals surface area contributed by atoms with E-state index in [0.29, 0.717) is 38.5 Å². The van der Waals surface area contributed by atoms with Crippen LogP contribution in [-0.4, -0.2) is 65.9 Å². The van der Waals surface area contributed by atoms with E-state index in [1.807, 2.05) is 18.0 Å². The number of carbonyl (C=O) groups excluding carboxylic acids is 1. The first kappa shape index (κ1) is 20.0. The van der Waals surface area contributed by atoms with Crippen LogP contribution in [0.15, 0.2) is 52.2 Å². The Hall–Kier alpha value is -3.29. The van der Waals surface area contributed by atoms with Crippen LogP contribution >= 0.6 is 0 Å². The molecule has 1 fully saturated rings. The SMILES string of the molecule is CCNC(=NCCc1c[nH]c2cc(F)ccc12)N1CCN(C(=O)c2ccco2)CC1. The molecular formula is C22H26FN5O2. The number of aromatic amines is 1. The number of piperazine rings is 1. The summed E-state index contributed by atoms with van der Waals surface area (Å²) in [6, 6.07) is 8.22. The predicted molar refractivity (Wildman–Crippen MR) is 114 cm³/mol. The average molecular weight is 411 g/mol. The number of nitrogens with zero attached hydrogens (tertiary/aromatic N) is 3. The number of hydrogen-bond acceptors (Lipinski definition) is 3. The van der Waals surface area contributed by atoms with Crippen molar-refractivity contribution in [3.05, 3.63) is 59.9 Å². The number of rotatable bonds is 5. The smallest absolute Gasteiger partial charge is 0.289 e. The predicted octanol–water partition coefficient (Wildman–Crippen LogP) is 2.87. The van der Waals surface area contributed by atoms with Crippen molar-refractivity contribution in [1.82, 2.24) is 20.1 Å². The second-order valence-corrected chi connectivity index (χ2v) is 7.25. The van der Waals surface area contributed by atoms with E-state index in [1.165, 1.54) is 18.4 Å². The zero-order valence-corrected chi connectivity index (χ0v) is 17.0. The van der Waals surface area contributed by atoms with Crippen LogP contribution in [0.3, 0.4) is 0 Å². The van der Waals surface area contributed by atoms with E-state index in [1.54, 1.807) is 18.2 Å². The zero-order valence-electron chi connectivity index (χ0n) is 17.0. The lowest BCUT2D eigenvalue weighted by molar-refractivity contribution is 0.0657. The van der Waals surface area contributed by atoms with Crippen molar-refractivity contribution in [2.24, 2.45) is 4.99 Å². The molecular weight excluding hydrogens is 385 g/mol. The maximum atomic E-state index is 13.4. The van der Waals surface area contributed by atoms with Gasteiger partial charge in [0.15, 0.2) is 11.7 Å². The molecule has 30 heavy (non-hydrogen) atoms. The minimum absolute atomic E-state index is 0.0719. The van der Waals surface area contributed by atoms with Crippen molar-refractivity contribution in [3.63, 3.8) is 0 Å². The first-order valence-electron chi connectivity index (χ1n) is 10.3. The number of fused-ring (bicyclic) bond motifs is 1. The van der Waals surface area contributed by atoms with Gasteiger partial charge in [-0.2, -0.15) is 0 Å². The first-order chi connectivity index (χ1) is 14.7. The number of halogens is 1. The molecule has 1 amide bonds. The lowest BCUT2D eigenvalue weighted by Gasteiger charge is -2.36. The number of carbonyl (C=O) groups is 1. The third-order valence-electron chi connectivity index (χ3n) is 5.31. The van der Waals surface area contributed by atoms with Gasteiger partial charge >= 0.3 is 0 Å². The monoisotopic (exact) mass is 411 g/mol. The van der Waals surface area contributed by atoms with E-state index < -0.39 is 0 Å². The van der Waals surface area contributed by atoms with Crippen molar-refractivity contribution in [2.45, 2.75) is 13.3 Å². The topological polar surface area (TPSA) is 76.9 Å². The minimum atomic E-state index is -0.243. The van der Waals surface area contributed by atoms with Crippen LogP contribution in [0.1, 0.15) is 23.0 Å². The molecule has 3 heterocycles. The highest BCUT2D eigenvalue weighted by Crippen LogP contribution is 2.19. The van der Waals surface area contributed by atoms with Gasteiger partial charge in [0, 0.05) is 56.4 Å². The normalized spacial score (nSPS) is 15.1. The second-order valence-electron chi connectivity index (χ2n) is 7.25. The van der Waals surface area contributed by atoms with Crippen LogP contribution in [0.4, 0.5) is 4.39 Å². The molecule has 3 aromatic rings. The van der Waals surface area contributed by atoms with Gasteiger partial charge in [0.25, 0.3) is 5.91 Å². The summed E-state index contributed by atoms with van der Waals surface area (Å²) >= 11 is 0. The molecule has 7 nitrogen and oxygen atoms in total. The van der Waals surface area contributed by atoms with Gasteiger partial charge in [0.05, 0.1) is 6.26 Å². The van der Waals surface area contributed by atoms with Crippen LogP contribution in [0.5, 0.6) is 0 Å². The summed E-state index contributed by atoms with van der Waals surface area (Å²) in [5, 5.41) is 4.37. The number of H-pyrrole nitrogens is 1. The Bertz CT molecular complexity index is 1020. The van der Waals surface area contributed by atoms with E-state index in [9.17, 15) is 9.18 Å². The Morgan fingerprint density at radius 2 is 2.03 bits per heavy atom. The van der Waals surface area contributed by atoms with Crippen LogP contribution < -0.4 is 5.32 Å². The van der Waals surface area contributed by atoms with Gasteiger partial charge in [-0.25, -0.2) is 4.39 Å². The van der Waals surface area contributed by atoms with E-state index in [0.717, 1.165) is 35.4 Å². The summed E-state index contributed by atoms with van der Waals surface area (Å²) in [6.45, 7) is 6.11. The number of aliphatic imine (C=N–C) groups is 1. The molecule has 0 unspecified atom stereocenters. The summed E-state index contributed by atoms with van der Waals surface area (Å²) < 4.78 is 18.6. The molecule has 2 aromatic heterocycles. The number of aromatic nitrogens is 1. The van der Waals surface area contributed by atoms with Gasteiger partial charge in [-0.3, -0.25) is 9.79 Å². The summed E-state index contributed by atoms with van der Waals surface area (Å²) in [5.74, 6) is 0.918. The summed E-state index contributed by atoms with van der Waals surface area (Å²) in [5.41, 5.74) is 1.93. The van der Waals surface area contributed by atoms with E-state index in [-0.39, 0.29) is 11.7 Å². The van der Waals surface area contributed by atoms with E-state index in [4.69, 9.17) is 9.41 Å². The Balaban J connectivity index is 1.36. The number of guanidine groups is 1. The largest absolute Gasteiger partial charge is 0.459 e. The van der Waals surface area contributed by atoms with Gasteiger partial charge in [0.1, 0.15) is 5.82 Å². The van der Waals surface area contributed by atoms with E-state index >= 15 is 0 Å². The number of amides is 1. The molecule has 0 saturated carbocycles. The number of nitrogens with one attached hydrogen (secondary N) is 2. The van der Waals surface area contributed by atoms with Crippen LogP contribution in [0, 0.1) is 5.82 Å². The molecule has 158 valence electrons. The number of hydrogen-bond donors (Lipinski definition) is 2. The summed E-state index contributed by atoms with van der Waals surface area (Å²) in [6.07, 6.45) is 4.20. The maximum absolute atomic E-state index is 13.4.